The smallest absolute Gasteiger partial charge is 0.252 e. The number of amides is 1. The van der Waals surface area contributed by atoms with Crippen molar-refractivity contribution in [3.8, 4) is 6.07 Å². The Morgan fingerprint density at radius 1 is 1.37 bits per heavy atom. The summed E-state index contributed by atoms with van der Waals surface area (Å²) in [6.07, 6.45) is 4.02. The quantitative estimate of drug-likeness (QED) is 0.730. The summed E-state index contributed by atoms with van der Waals surface area (Å²) in [6, 6.07) is 7.96. The molecule has 1 aliphatic heterocycles. The van der Waals surface area contributed by atoms with Crippen molar-refractivity contribution >= 4 is 22.6 Å². The zero-order valence-corrected chi connectivity index (χ0v) is 14.8. The van der Waals surface area contributed by atoms with Gasteiger partial charge in [-0.2, -0.15) is 5.26 Å². The van der Waals surface area contributed by atoms with E-state index in [4.69, 9.17) is 5.26 Å². The molecule has 1 aliphatic rings. The van der Waals surface area contributed by atoms with Gasteiger partial charge in [-0.1, -0.05) is 0 Å². The molecule has 0 unspecified atom stereocenters. The van der Waals surface area contributed by atoms with E-state index in [1.54, 1.807) is 6.20 Å². The van der Waals surface area contributed by atoms with Gasteiger partial charge in [0.25, 0.3) is 5.82 Å². The lowest BCUT2D eigenvalue weighted by Crippen LogP contribution is -2.39. The maximum atomic E-state index is 12.2. The SMILES string of the molecule is Cc1cnc2cc(N3CC[C@H](NC(=O)Cn4cnc(C#N)n4)C3)ccc2n1. The van der Waals surface area contributed by atoms with E-state index in [0.29, 0.717) is 0 Å². The lowest BCUT2D eigenvalue weighted by molar-refractivity contribution is -0.122. The van der Waals surface area contributed by atoms with Gasteiger partial charge in [0.1, 0.15) is 18.9 Å². The number of anilines is 1. The molecule has 0 aliphatic carbocycles. The highest BCUT2D eigenvalue weighted by Crippen LogP contribution is 2.23. The maximum Gasteiger partial charge on any atom is 0.252 e. The molecule has 1 fully saturated rings. The summed E-state index contributed by atoms with van der Waals surface area (Å²) in [7, 11) is 0. The van der Waals surface area contributed by atoms with E-state index in [-0.39, 0.29) is 24.3 Å². The zero-order chi connectivity index (χ0) is 18.8. The summed E-state index contributed by atoms with van der Waals surface area (Å²) in [4.78, 5) is 27.1. The normalized spacial score (nSPS) is 16.4. The standard InChI is InChI=1S/C18H18N8O/c1-12-8-20-16-6-14(2-3-15(16)22-12)25-5-4-13(9-25)23-18(27)10-26-11-21-17(7-19)24-26/h2-3,6,8,11,13H,4-5,9-10H2,1H3,(H,23,27)/t13-/m0/s1. The molecule has 4 rings (SSSR count). The average Bonchev–Trinajstić information content (AvgIpc) is 3.30. The third-order valence-electron chi connectivity index (χ3n) is 4.51. The first-order valence-corrected chi connectivity index (χ1v) is 8.68. The van der Waals surface area contributed by atoms with Crippen molar-refractivity contribution in [3.05, 3.63) is 42.2 Å². The topological polar surface area (TPSA) is 113 Å². The van der Waals surface area contributed by atoms with Crippen molar-refractivity contribution in [2.45, 2.75) is 25.9 Å². The molecule has 0 saturated carbocycles. The lowest BCUT2D eigenvalue weighted by Gasteiger charge is -2.19. The third kappa shape index (κ3) is 3.69. The Labute approximate surface area is 155 Å². The first-order chi connectivity index (χ1) is 13.1. The van der Waals surface area contributed by atoms with Gasteiger partial charge in [-0.15, -0.1) is 5.10 Å². The van der Waals surface area contributed by atoms with Crippen molar-refractivity contribution in [2.75, 3.05) is 18.0 Å². The molecule has 1 amide bonds. The summed E-state index contributed by atoms with van der Waals surface area (Å²) >= 11 is 0. The lowest BCUT2D eigenvalue weighted by atomic mass is 10.2. The van der Waals surface area contributed by atoms with Crippen LogP contribution in [0.3, 0.4) is 0 Å². The van der Waals surface area contributed by atoms with Crippen molar-refractivity contribution in [3.63, 3.8) is 0 Å². The van der Waals surface area contributed by atoms with Gasteiger partial charge in [0, 0.05) is 31.0 Å². The molecule has 1 saturated heterocycles. The van der Waals surface area contributed by atoms with Crippen LogP contribution in [0.5, 0.6) is 0 Å². The zero-order valence-electron chi connectivity index (χ0n) is 14.8. The third-order valence-corrected chi connectivity index (χ3v) is 4.51. The van der Waals surface area contributed by atoms with Gasteiger partial charge in [0.2, 0.25) is 5.91 Å². The van der Waals surface area contributed by atoms with E-state index in [2.05, 4.69) is 30.3 Å². The molecule has 0 spiro atoms. The van der Waals surface area contributed by atoms with Crippen molar-refractivity contribution < 1.29 is 4.79 Å². The largest absolute Gasteiger partial charge is 0.369 e. The van der Waals surface area contributed by atoms with Gasteiger partial charge in [-0.05, 0) is 31.5 Å². The fraction of sp³-hybridized carbons (Fsp3) is 0.333. The minimum absolute atomic E-state index is 0.0517. The summed E-state index contributed by atoms with van der Waals surface area (Å²) in [5.74, 6) is -0.0828. The van der Waals surface area contributed by atoms with Crippen LogP contribution in [0.4, 0.5) is 5.69 Å². The maximum absolute atomic E-state index is 12.2. The van der Waals surface area contributed by atoms with Crippen LogP contribution in [0.15, 0.2) is 30.7 Å². The Bertz CT molecular complexity index is 1040. The molecule has 0 radical (unpaired) electrons. The van der Waals surface area contributed by atoms with Crippen LogP contribution in [0.1, 0.15) is 17.9 Å². The molecule has 136 valence electrons. The predicted molar refractivity (Wildman–Crippen MR) is 97.8 cm³/mol. The first kappa shape index (κ1) is 16.9. The number of nitriles is 1. The number of rotatable bonds is 4. The Balaban J connectivity index is 1.37. The molecule has 1 N–H and O–H groups in total. The minimum atomic E-state index is -0.143. The Morgan fingerprint density at radius 2 is 2.26 bits per heavy atom. The second-order valence-electron chi connectivity index (χ2n) is 6.56. The molecule has 3 heterocycles. The molecule has 9 heteroatoms. The van der Waals surface area contributed by atoms with Crippen LogP contribution in [0.2, 0.25) is 0 Å². The number of nitrogens with zero attached hydrogens (tertiary/aromatic N) is 7. The van der Waals surface area contributed by atoms with E-state index in [1.807, 2.05) is 31.2 Å². The molecule has 1 atom stereocenters. The Morgan fingerprint density at radius 3 is 3.07 bits per heavy atom. The molecule has 27 heavy (non-hydrogen) atoms. The number of hydrogen-bond acceptors (Lipinski definition) is 7. The number of carbonyl (C=O) groups is 1. The van der Waals surface area contributed by atoms with E-state index in [1.165, 1.54) is 11.0 Å². The number of benzene rings is 1. The molecular weight excluding hydrogens is 344 g/mol. The van der Waals surface area contributed by atoms with Crippen LogP contribution < -0.4 is 10.2 Å². The minimum Gasteiger partial charge on any atom is -0.369 e. The molecule has 9 nitrogen and oxygen atoms in total. The first-order valence-electron chi connectivity index (χ1n) is 8.68. The van der Waals surface area contributed by atoms with E-state index in [0.717, 1.165) is 41.9 Å². The second-order valence-corrected chi connectivity index (χ2v) is 6.56. The van der Waals surface area contributed by atoms with Crippen LogP contribution in [0, 0.1) is 18.3 Å². The van der Waals surface area contributed by atoms with Crippen LogP contribution in [-0.4, -0.2) is 49.8 Å². The fourth-order valence-corrected chi connectivity index (χ4v) is 3.24. The van der Waals surface area contributed by atoms with Crippen molar-refractivity contribution in [1.82, 2.24) is 30.0 Å². The molecule has 0 bridgehead atoms. The van der Waals surface area contributed by atoms with Gasteiger partial charge >= 0.3 is 0 Å². The predicted octanol–water partition coefficient (Wildman–Crippen LogP) is 0.796. The number of aryl methyl sites for hydroxylation is 1. The van der Waals surface area contributed by atoms with Gasteiger partial charge < -0.3 is 10.2 Å². The Kier molecular flexibility index (Phi) is 4.38. The monoisotopic (exact) mass is 362 g/mol. The molecular formula is C18H18N8O. The highest BCUT2D eigenvalue weighted by Gasteiger charge is 2.24. The summed E-state index contributed by atoms with van der Waals surface area (Å²) in [6.45, 7) is 3.57. The van der Waals surface area contributed by atoms with Gasteiger partial charge in [-0.25, -0.2) is 14.6 Å². The second kappa shape index (κ2) is 6.99. The van der Waals surface area contributed by atoms with Crippen LogP contribution in [-0.2, 0) is 11.3 Å². The van der Waals surface area contributed by atoms with Gasteiger partial charge in [0.05, 0.1) is 16.7 Å². The van der Waals surface area contributed by atoms with E-state index in [9.17, 15) is 4.79 Å². The van der Waals surface area contributed by atoms with E-state index < -0.39 is 0 Å². The van der Waals surface area contributed by atoms with Crippen LogP contribution in [0.25, 0.3) is 11.0 Å². The summed E-state index contributed by atoms with van der Waals surface area (Å²) in [5.41, 5.74) is 3.72. The number of hydrogen-bond donors (Lipinski definition) is 1. The summed E-state index contributed by atoms with van der Waals surface area (Å²) < 4.78 is 1.37. The van der Waals surface area contributed by atoms with Gasteiger partial charge in [0.15, 0.2) is 0 Å². The van der Waals surface area contributed by atoms with Crippen LogP contribution >= 0.6 is 0 Å². The molecule has 1 aromatic carbocycles. The number of carbonyl (C=O) groups excluding carboxylic acids is 1. The molecule has 3 aromatic rings. The highest BCUT2D eigenvalue weighted by atomic mass is 16.2. The average molecular weight is 362 g/mol. The molecule has 2 aromatic heterocycles. The summed E-state index contributed by atoms with van der Waals surface area (Å²) in [5, 5.41) is 15.6. The fourth-order valence-electron chi connectivity index (χ4n) is 3.24. The number of nitrogens with one attached hydrogen (secondary N) is 1. The van der Waals surface area contributed by atoms with E-state index >= 15 is 0 Å². The highest BCUT2D eigenvalue weighted by molar-refractivity contribution is 5.79. The number of aromatic nitrogens is 5. The number of fused-ring (bicyclic) bond motifs is 1. The Hall–Kier alpha value is -3.54. The van der Waals surface area contributed by atoms with Crippen molar-refractivity contribution in [2.24, 2.45) is 0 Å². The van der Waals surface area contributed by atoms with Crippen molar-refractivity contribution in [1.29, 1.82) is 5.26 Å². The van der Waals surface area contributed by atoms with Gasteiger partial charge in [-0.3, -0.25) is 9.78 Å².